The number of hydrogen-bond donors (Lipinski definition) is 4. The molecule has 0 aliphatic carbocycles. The fourth-order valence-corrected chi connectivity index (χ4v) is 4.00. The number of carbonyl (C=O) groups excluding carboxylic acids is 1. The summed E-state index contributed by atoms with van der Waals surface area (Å²) in [5, 5.41) is 21.1. The number of guanidine groups is 1. The summed E-state index contributed by atoms with van der Waals surface area (Å²) in [7, 11) is 0. The molecular weight excluding hydrogens is 408 g/mol. The average Bonchev–Trinajstić information content (AvgIpc) is 3.21. The molecule has 1 aromatic heterocycles. The number of thiophene rings is 1. The van der Waals surface area contributed by atoms with Gasteiger partial charge in [-0.05, 0) is 42.1 Å². The number of aliphatic imine (C=N–C) groups is 1. The van der Waals surface area contributed by atoms with Crippen LogP contribution in [-0.4, -0.2) is 30.1 Å². The maximum atomic E-state index is 11.8. The number of benzene rings is 2. The highest BCUT2D eigenvalue weighted by atomic mass is 32.1. The number of nitrogens with one attached hydrogen (secondary N) is 3. The van der Waals surface area contributed by atoms with E-state index in [1.165, 1.54) is 4.70 Å². The summed E-state index contributed by atoms with van der Waals surface area (Å²) in [5.41, 5.74) is 1.81. The Bertz CT molecular complexity index is 994. The summed E-state index contributed by atoms with van der Waals surface area (Å²) in [6.45, 7) is 7.33. The SMILES string of the molecule is CCNC(=NCc1ccc(NC(=O)C(C)C)cc1)NCC(O)c1cc2ccccc2s1. The standard InChI is InChI=1S/C24H30N4O2S/c1-4-25-24(26-14-17-9-11-19(12-10-17)28-23(30)16(2)3)27-15-20(29)22-13-18-7-5-6-8-21(18)31-22/h5-13,16,20,29H,4,14-15H2,1-3H3,(H,28,30)(H2,25,26,27). The molecule has 6 nitrogen and oxygen atoms in total. The van der Waals surface area contributed by atoms with Crippen LogP contribution >= 0.6 is 11.3 Å². The van der Waals surface area contributed by atoms with E-state index in [4.69, 9.17) is 0 Å². The van der Waals surface area contributed by atoms with Crippen molar-refractivity contribution in [3.8, 4) is 0 Å². The second-order valence-corrected chi connectivity index (χ2v) is 8.73. The first-order valence-electron chi connectivity index (χ1n) is 10.5. The van der Waals surface area contributed by atoms with Crippen LogP contribution in [0, 0.1) is 5.92 Å². The number of rotatable bonds is 8. The lowest BCUT2D eigenvalue weighted by molar-refractivity contribution is -0.118. The highest BCUT2D eigenvalue weighted by Crippen LogP contribution is 2.29. The topological polar surface area (TPSA) is 85.8 Å². The number of carbonyl (C=O) groups is 1. The average molecular weight is 439 g/mol. The van der Waals surface area contributed by atoms with Crippen molar-refractivity contribution in [2.75, 3.05) is 18.4 Å². The van der Waals surface area contributed by atoms with Crippen LogP contribution in [-0.2, 0) is 11.3 Å². The van der Waals surface area contributed by atoms with Crippen molar-refractivity contribution >= 4 is 39.0 Å². The molecule has 0 saturated heterocycles. The smallest absolute Gasteiger partial charge is 0.226 e. The maximum Gasteiger partial charge on any atom is 0.226 e. The van der Waals surface area contributed by atoms with Crippen molar-refractivity contribution in [2.45, 2.75) is 33.4 Å². The van der Waals surface area contributed by atoms with E-state index in [1.54, 1.807) is 11.3 Å². The van der Waals surface area contributed by atoms with Gasteiger partial charge in [-0.3, -0.25) is 4.79 Å². The number of amides is 1. The number of aliphatic hydroxyl groups excluding tert-OH is 1. The molecule has 2 aromatic carbocycles. The number of aliphatic hydroxyl groups is 1. The maximum absolute atomic E-state index is 11.8. The van der Waals surface area contributed by atoms with Gasteiger partial charge in [0.2, 0.25) is 5.91 Å². The Balaban J connectivity index is 1.57. The van der Waals surface area contributed by atoms with E-state index in [1.807, 2.05) is 63.2 Å². The van der Waals surface area contributed by atoms with Gasteiger partial charge in [0, 0.05) is 34.3 Å². The fourth-order valence-electron chi connectivity index (χ4n) is 2.95. The third-order valence-corrected chi connectivity index (χ3v) is 5.96. The molecule has 3 rings (SSSR count). The molecule has 0 bridgehead atoms. The Kier molecular flexibility index (Phi) is 8.03. The first kappa shape index (κ1) is 22.8. The van der Waals surface area contributed by atoms with Crippen molar-refractivity contribution in [1.82, 2.24) is 10.6 Å². The molecule has 0 aliphatic rings. The molecule has 0 aliphatic heterocycles. The lowest BCUT2D eigenvalue weighted by Crippen LogP contribution is -2.39. The Labute approximate surface area is 187 Å². The predicted molar refractivity (Wildman–Crippen MR) is 130 cm³/mol. The minimum Gasteiger partial charge on any atom is -0.386 e. The van der Waals surface area contributed by atoms with Crippen LogP contribution in [0.3, 0.4) is 0 Å². The van der Waals surface area contributed by atoms with Crippen molar-refractivity contribution in [1.29, 1.82) is 0 Å². The fraction of sp³-hybridized carbons (Fsp3) is 0.333. The molecule has 0 fully saturated rings. The number of anilines is 1. The molecule has 3 aromatic rings. The largest absolute Gasteiger partial charge is 0.386 e. The van der Waals surface area contributed by atoms with Gasteiger partial charge in [-0.25, -0.2) is 4.99 Å². The lowest BCUT2D eigenvalue weighted by atomic mass is 10.2. The summed E-state index contributed by atoms with van der Waals surface area (Å²) < 4.78 is 1.17. The van der Waals surface area contributed by atoms with Crippen molar-refractivity contribution in [3.63, 3.8) is 0 Å². The quantitative estimate of drug-likeness (QED) is 0.312. The molecule has 0 spiro atoms. The second kappa shape index (κ2) is 10.9. The Morgan fingerprint density at radius 2 is 1.84 bits per heavy atom. The minimum atomic E-state index is -0.606. The molecule has 164 valence electrons. The predicted octanol–water partition coefficient (Wildman–Crippen LogP) is 4.28. The van der Waals surface area contributed by atoms with Crippen LogP contribution in [0.25, 0.3) is 10.1 Å². The Morgan fingerprint density at radius 1 is 1.10 bits per heavy atom. The first-order chi connectivity index (χ1) is 15.0. The van der Waals surface area contributed by atoms with Crippen LogP contribution in [0.4, 0.5) is 5.69 Å². The zero-order chi connectivity index (χ0) is 22.2. The Hall–Kier alpha value is -2.90. The van der Waals surface area contributed by atoms with Crippen molar-refractivity contribution in [2.24, 2.45) is 10.9 Å². The molecule has 31 heavy (non-hydrogen) atoms. The van der Waals surface area contributed by atoms with Crippen LogP contribution in [0.15, 0.2) is 59.6 Å². The summed E-state index contributed by atoms with van der Waals surface area (Å²) in [6, 6.07) is 17.8. The monoisotopic (exact) mass is 438 g/mol. The summed E-state index contributed by atoms with van der Waals surface area (Å²) >= 11 is 1.61. The molecule has 1 heterocycles. The van der Waals surface area contributed by atoms with Gasteiger partial charge in [-0.2, -0.15) is 0 Å². The summed E-state index contributed by atoms with van der Waals surface area (Å²) in [5.74, 6) is 0.599. The molecule has 4 N–H and O–H groups in total. The molecule has 0 radical (unpaired) electrons. The van der Waals surface area contributed by atoms with Gasteiger partial charge >= 0.3 is 0 Å². The molecule has 1 unspecified atom stereocenters. The van der Waals surface area contributed by atoms with Gasteiger partial charge < -0.3 is 21.1 Å². The number of fused-ring (bicyclic) bond motifs is 1. The summed E-state index contributed by atoms with van der Waals surface area (Å²) in [6.07, 6.45) is -0.606. The number of hydrogen-bond acceptors (Lipinski definition) is 4. The highest BCUT2D eigenvalue weighted by Gasteiger charge is 2.12. The molecular formula is C24H30N4O2S. The van der Waals surface area contributed by atoms with E-state index >= 15 is 0 Å². The molecule has 1 amide bonds. The van der Waals surface area contributed by atoms with Crippen LogP contribution in [0.1, 0.15) is 37.3 Å². The van der Waals surface area contributed by atoms with Gasteiger partial charge in [-0.15, -0.1) is 11.3 Å². The lowest BCUT2D eigenvalue weighted by Gasteiger charge is -2.14. The van der Waals surface area contributed by atoms with E-state index in [2.05, 4.69) is 33.1 Å². The zero-order valence-corrected chi connectivity index (χ0v) is 19.0. The molecule has 0 saturated carbocycles. The van der Waals surface area contributed by atoms with Gasteiger partial charge in [0.1, 0.15) is 6.10 Å². The summed E-state index contributed by atoms with van der Waals surface area (Å²) in [4.78, 5) is 17.3. The van der Waals surface area contributed by atoms with Crippen LogP contribution in [0.2, 0.25) is 0 Å². The van der Waals surface area contributed by atoms with Gasteiger partial charge in [-0.1, -0.05) is 44.2 Å². The van der Waals surface area contributed by atoms with E-state index in [9.17, 15) is 9.90 Å². The third kappa shape index (κ3) is 6.54. The molecule has 7 heteroatoms. The van der Waals surface area contributed by atoms with Crippen molar-refractivity contribution < 1.29 is 9.90 Å². The first-order valence-corrected chi connectivity index (χ1v) is 11.4. The number of nitrogens with zero attached hydrogens (tertiary/aromatic N) is 1. The van der Waals surface area contributed by atoms with Crippen LogP contribution < -0.4 is 16.0 Å². The highest BCUT2D eigenvalue weighted by molar-refractivity contribution is 7.19. The van der Waals surface area contributed by atoms with Crippen molar-refractivity contribution in [3.05, 3.63) is 65.0 Å². The van der Waals surface area contributed by atoms with Gasteiger partial charge in [0.05, 0.1) is 6.54 Å². The van der Waals surface area contributed by atoms with Gasteiger partial charge in [0.15, 0.2) is 5.96 Å². The van der Waals surface area contributed by atoms with E-state index in [0.29, 0.717) is 19.0 Å². The zero-order valence-electron chi connectivity index (χ0n) is 18.2. The normalized spacial score (nSPS) is 12.7. The third-order valence-electron chi connectivity index (χ3n) is 4.75. The Morgan fingerprint density at radius 3 is 2.52 bits per heavy atom. The van der Waals surface area contributed by atoms with Crippen LogP contribution in [0.5, 0.6) is 0 Å². The van der Waals surface area contributed by atoms with E-state index in [-0.39, 0.29) is 11.8 Å². The van der Waals surface area contributed by atoms with E-state index < -0.39 is 6.10 Å². The second-order valence-electron chi connectivity index (χ2n) is 7.62. The van der Waals surface area contributed by atoms with E-state index in [0.717, 1.165) is 28.1 Å². The molecule has 1 atom stereocenters. The van der Waals surface area contributed by atoms with Gasteiger partial charge in [0.25, 0.3) is 0 Å². The minimum absolute atomic E-state index is 0.00148.